The van der Waals surface area contributed by atoms with E-state index in [2.05, 4.69) is 27.4 Å². The van der Waals surface area contributed by atoms with Crippen molar-refractivity contribution in [2.45, 2.75) is 229 Å². The molecule has 0 spiro atoms. The van der Waals surface area contributed by atoms with Crippen LogP contribution in [0.3, 0.4) is 0 Å². The summed E-state index contributed by atoms with van der Waals surface area (Å²) < 4.78 is 425. The number of carbonyl (C=O) groups excluding carboxylic acids is 4. The maximum absolute atomic E-state index is 13.5. The maximum Gasteiger partial charge on any atom is 0.460 e. The van der Waals surface area contributed by atoms with E-state index in [0.29, 0.717) is 20.3 Å². The predicted octanol–water partition coefficient (Wildman–Crippen LogP) is 16.6. The second-order valence-electron chi connectivity index (χ2n) is 21.2. The first-order valence-electron chi connectivity index (χ1n) is 24.4. The Labute approximate surface area is 490 Å². The van der Waals surface area contributed by atoms with Crippen LogP contribution in [0.4, 0.5) is 140 Å². The summed E-state index contributed by atoms with van der Waals surface area (Å²) in [4.78, 5) is 45.0. The highest BCUT2D eigenvalue weighted by atomic mass is 19.4. The zero-order chi connectivity index (χ0) is 74.1. The van der Waals surface area contributed by atoms with Gasteiger partial charge in [-0.15, -0.1) is 0 Å². The van der Waals surface area contributed by atoms with Crippen LogP contribution < -0.4 is 0 Å². The highest BCUT2D eigenvalue weighted by molar-refractivity contribution is 5.87. The minimum Gasteiger partial charge on any atom is -0.465 e. The van der Waals surface area contributed by atoms with Crippen LogP contribution in [0.2, 0.25) is 0 Å². The van der Waals surface area contributed by atoms with Gasteiger partial charge >= 0.3 is 108 Å². The summed E-state index contributed by atoms with van der Waals surface area (Å²) in [5, 5.41) is 18.4. The molecule has 4 atom stereocenters. The van der Waals surface area contributed by atoms with Crippen molar-refractivity contribution in [1.82, 2.24) is 0 Å². The van der Waals surface area contributed by atoms with Gasteiger partial charge in [-0.3, -0.25) is 9.59 Å². The molecule has 0 aromatic carbocycles. The van der Waals surface area contributed by atoms with Crippen molar-refractivity contribution in [2.24, 2.45) is 10.8 Å². The van der Waals surface area contributed by atoms with Gasteiger partial charge in [0.2, 0.25) is 0 Å². The minimum atomic E-state index is -7.94. The van der Waals surface area contributed by atoms with Crippen LogP contribution in [-0.4, -0.2) is 155 Å². The van der Waals surface area contributed by atoms with Gasteiger partial charge in [0, 0.05) is 24.0 Å². The van der Waals surface area contributed by atoms with Gasteiger partial charge in [-0.1, -0.05) is 27.0 Å². The second kappa shape index (κ2) is 30.0. The lowest BCUT2D eigenvalue weighted by atomic mass is 9.90. The Balaban J connectivity index is -0.000000564. The Bertz CT molecular complexity index is 2380. The zero-order valence-corrected chi connectivity index (χ0v) is 48.5. The van der Waals surface area contributed by atoms with Gasteiger partial charge in [-0.05, 0) is 82.1 Å². The molecule has 0 saturated carbocycles. The average Bonchev–Trinajstić information content (AvgIpc) is 0.722. The SMILES string of the molecule is C=C(C)C(=O)OC(C)CC(C)(O)C(F)(F)F.C=C(C)C(=O)OCCC(F)(F)C(F)(F)C(F)(F)C(F)(F)C(F)(F)C(F)(F)F.CCC(C)(C)C(=O)OC(C)CC(C)(O)C(F)(F)F.CCC(C)(C)C(=O)OCCC(F)(F)C(F)(F)C(F)(F)C(F)(F)C(F)(F)C(F)(F)F. The lowest BCUT2D eigenvalue weighted by Crippen LogP contribution is -2.70. The van der Waals surface area contributed by atoms with E-state index >= 15 is 0 Å². The van der Waals surface area contributed by atoms with E-state index in [1.54, 1.807) is 20.8 Å². The molecule has 0 radical (unpaired) electrons. The van der Waals surface area contributed by atoms with Crippen molar-refractivity contribution < 1.29 is 189 Å². The molecule has 2 N–H and O–H groups in total. The fourth-order valence-corrected chi connectivity index (χ4v) is 5.13. The third-order valence-corrected chi connectivity index (χ3v) is 12.1. The molecular weight excluding hydrogens is 1340 g/mol. The van der Waals surface area contributed by atoms with Gasteiger partial charge in [0.05, 0.1) is 36.9 Å². The molecule has 0 bridgehead atoms. The van der Waals surface area contributed by atoms with Crippen molar-refractivity contribution in [3.63, 3.8) is 0 Å². The Kier molecular flexibility index (Phi) is 30.5. The lowest BCUT2D eigenvalue weighted by Gasteiger charge is -2.39. The van der Waals surface area contributed by atoms with E-state index in [4.69, 9.17) is 9.84 Å². The second-order valence-corrected chi connectivity index (χ2v) is 21.2. The highest BCUT2D eigenvalue weighted by Crippen LogP contribution is 2.62. The van der Waals surface area contributed by atoms with Gasteiger partial charge in [0.15, 0.2) is 11.2 Å². The number of halogens is 32. The number of carbonyl (C=O) groups is 4. The summed E-state index contributed by atoms with van der Waals surface area (Å²) in [6.07, 6.45) is -32.4. The third kappa shape index (κ3) is 21.6. The largest absolute Gasteiger partial charge is 0.465 e. The van der Waals surface area contributed by atoms with Gasteiger partial charge in [-0.25, -0.2) is 9.59 Å². The summed E-state index contributed by atoms with van der Waals surface area (Å²) in [5.74, 6) is -78.4. The molecule has 0 aliphatic rings. The standard InChI is InChI=1S/C14H15F13O2.C12H9F13O2.C12H21F3O3.C10H15F3O3/c1-4-8(2,3)7(28)29-6-5-9(15,16)10(17,18)11(19,20)12(21,22)13(23,24)14(25,26)27;1-5(2)6(26)27-4-3-7(13,14)8(15,16)9(17,18)10(19,20)11(21,22)12(23,24)25;1-6-10(3,4)9(16)18-8(2)7-11(5,17)12(13,14)15;1-6(2)8(14)16-7(3)5-9(4,15)10(11,12)13/h4-6H2,1-3H3;1,3-4H2,2H3;8,17H,6-7H2,1-5H3;7,15H,1,5H2,2-4H3. The van der Waals surface area contributed by atoms with Crippen LogP contribution in [0.25, 0.3) is 0 Å². The van der Waals surface area contributed by atoms with Gasteiger partial charge < -0.3 is 29.2 Å². The molecule has 4 unspecified atom stereocenters. The first kappa shape index (κ1) is 91.5. The van der Waals surface area contributed by atoms with Gasteiger partial charge in [0.25, 0.3) is 0 Å². The molecule has 0 rings (SSSR count). The fourth-order valence-electron chi connectivity index (χ4n) is 5.13. The quantitative estimate of drug-likeness (QED) is 0.0371. The maximum atomic E-state index is 13.5. The number of alkyl halides is 32. The molecule has 90 heavy (non-hydrogen) atoms. The molecule has 0 saturated heterocycles. The molecule has 0 fully saturated rings. The molecule has 10 nitrogen and oxygen atoms in total. The Morgan fingerprint density at radius 2 is 0.611 bits per heavy atom. The van der Waals surface area contributed by atoms with Gasteiger partial charge in [-0.2, -0.15) is 140 Å². The first-order chi connectivity index (χ1) is 38.8. The van der Waals surface area contributed by atoms with Crippen LogP contribution in [0.1, 0.15) is 122 Å². The normalized spacial score (nSPS) is 16.2. The Hall–Kier alpha value is -4.96. The molecule has 0 amide bonds. The van der Waals surface area contributed by atoms with E-state index in [0.717, 1.165) is 6.92 Å². The first-order valence-corrected chi connectivity index (χ1v) is 24.4. The molecular formula is C48H60F32O10. The molecule has 0 aliphatic heterocycles. The topological polar surface area (TPSA) is 146 Å². The average molecular weight is 1400 g/mol. The number of rotatable bonds is 26. The predicted molar refractivity (Wildman–Crippen MR) is 244 cm³/mol. The molecule has 0 heterocycles. The summed E-state index contributed by atoms with van der Waals surface area (Å²) in [6.45, 7) is 17.9. The molecule has 0 aromatic heterocycles. The number of hydrogen-bond acceptors (Lipinski definition) is 10. The number of hydrogen-bond donors (Lipinski definition) is 2. The van der Waals surface area contributed by atoms with Crippen LogP contribution in [0.15, 0.2) is 24.3 Å². The van der Waals surface area contributed by atoms with E-state index in [1.165, 1.54) is 41.5 Å². The van der Waals surface area contributed by atoms with Crippen molar-refractivity contribution in [3.8, 4) is 0 Å². The number of ether oxygens (including phenoxy) is 4. The molecule has 0 aliphatic carbocycles. The summed E-state index contributed by atoms with van der Waals surface area (Å²) in [6, 6.07) is 0. The third-order valence-electron chi connectivity index (χ3n) is 12.1. The monoisotopic (exact) mass is 1400 g/mol. The number of aliphatic hydroxyl groups is 2. The zero-order valence-electron chi connectivity index (χ0n) is 48.5. The molecule has 42 heteroatoms. The van der Waals surface area contributed by atoms with Gasteiger partial charge in [0.1, 0.15) is 12.2 Å². The van der Waals surface area contributed by atoms with E-state index < -0.39 is 187 Å². The fraction of sp³-hybridized carbons (Fsp3) is 0.833. The number of esters is 4. The Morgan fingerprint density at radius 3 is 0.856 bits per heavy atom. The van der Waals surface area contributed by atoms with Crippen LogP contribution in [0.5, 0.6) is 0 Å². The van der Waals surface area contributed by atoms with Crippen LogP contribution >= 0.6 is 0 Å². The lowest BCUT2D eigenvalue weighted by molar-refractivity contribution is -0.440. The van der Waals surface area contributed by atoms with Crippen molar-refractivity contribution in [2.75, 3.05) is 13.2 Å². The van der Waals surface area contributed by atoms with Crippen LogP contribution in [-0.2, 0) is 38.1 Å². The minimum absolute atomic E-state index is 0.0508. The van der Waals surface area contributed by atoms with Crippen molar-refractivity contribution >= 4 is 23.9 Å². The summed E-state index contributed by atoms with van der Waals surface area (Å²) in [7, 11) is 0. The van der Waals surface area contributed by atoms with Crippen molar-refractivity contribution in [1.29, 1.82) is 0 Å². The highest BCUT2D eigenvalue weighted by Gasteiger charge is 2.92. The molecule has 0 aromatic rings. The van der Waals surface area contributed by atoms with E-state index in [9.17, 15) is 165 Å². The van der Waals surface area contributed by atoms with Crippen LogP contribution in [0, 0.1) is 10.8 Å². The van der Waals surface area contributed by atoms with E-state index in [-0.39, 0.29) is 12.0 Å². The summed E-state index contributed by atoms with van der Waals surface area (Å²) >= 11 is 0. The Morgan fingerprint density at radius 1 is 0.367 bits per heavy atom. The smallest absolute Gasteiger partial charge is 0.460 e. The van der Waals surface area contributed by atoms with E-state index in [1.807, 2.05) is 0 Å². The summed E-state index contributed by atoms with van der Waals surface area (Å²) in [5.41, 5.74) is -8.17. The van der Waals surface area contributed by atoms with Crippen molar-refractivity contribution in [3.05, 3.63) is 24.3 Å². The molecule has 536 valence electrons.